The van der Waals surface area contributed by atoms with Gasteiger partial charge >= 0.3 is 12.1 Å². The molecule has 0 heterocycles. The molecule has 0 aliphatic heterocycles. The first-order chi connectivity index (χ1) is 9.52. The number of hydrogen-bond acceptors (Lipinski definition) is 3. The van der Waals surface area contributed by atoms with E-state index in [-0.39, 0.29) is 13.2 Å². The van der Waals surface area contributed by atoms with Crippen molar-refractivity contribution in [3.63, 3.8) is 0 Å². The van der Waals surface area contributed by atoms with Crippen LogP contribution in [0.3, 0.4) is 0 Å². The number of carboxylic acids is 1. The topological polar surface area (TPSA) is 75.6 Å². The fourth-order valence-corrected chi connectivity index (χ4v) is 1.67. The van der Waals surface area contributed by atoms with Gasteiger partial charge in [0.15, 0.2) is 0 Å². The van der Waals surface area contributed by atoms with Crippen LogP contribution in [0.25, 0.3) is 0 Å². The summed E-state index contributed by atoms with van der Waals surface area (Å²) in [4.78, 5) is 22.4. The van der Waals surface area contributed by atoms with Gasteiger partial charge in [-0.05, 0) is 24.1 Å². The molecule has 0 aliphatic carbocycles. The van der Waals surface area contributed by atoms with Crippen LogP contribution in [0.5, 0.6) is 0 Å². The molecule has 1 rings (SSSR count). The van der Waals surface area contributed by atoms with Gasteiger partial charge in [-0.15, -0.1) is 0 Å². The molecule has 1 atom stereocenters. The maximum atomic E-state index is 11.2. The lowest BCUT2D eigenvalue weighted by molar-refractivity contribution is -0.141. The molecule has 1 unspecified atom stereocenters. The van der Waals surface area contributed by atoms with Crippen LogP contribution < -0.4 is 5.32 Å². The Hall–Kier alpha value is -2.01. The second kappa shape index (κ2) is 8.22. The summed E-state index contributed by atoms with van der Waals surface area (Å²) in [5, 5.41) is 12.1. The van der Waals surface area contributed by atoms with Crippen LogP contribution in [-0.2, 0) is 16.0 Å². The van der Waals surface area contributed by atoms with E-state index in [9.17, 15) is 9.59 Å². The zero-order valence-corrected chi connectivity index (χ0v) is 11.6. The number of hydrogen-bond donors (Lipinski definition) is 2. The molecule has 2 N–H and O–H groups in total. The van der Waals surface area contributed by atoms with Gasteiger partial charge in [-0.2, -0.15) is 0 Å². The Bertz CT molecular complexity index is 473. The second-order valence-corrected chi connectivity index (χ2v) is 4.57. The van der Waals surface area contributed by atoms with Gasteiger partial charge in [0.05, 0.1) is 5.92 Å². The number of carbonyl (C=O) groups excluding carboxylic acids is 1. The van der Waals surface area contributed by atoms with Crippen molar-refractivity contribution in [3.8, 4) is 0 Å². The Labute approximate surface area is 122 Å². The maximum Gasteiger partial charge on any atom is 0.407 e. The van der Waals surface area contributed by atoms with Crippen molar-refractivity contribution in [2.45, 2.75) is 6.42 Å². The van der Waals surface area contributed by atoms with Gasteiger partial charge < -0.3 is 15.2 Å². The molecule has 1 aromatic carbocycles. The van der Waals surface area contributed by atoms with Gasteiger partial charge in [-0.3, -0.25) is 4.79 Å². The van der Waals surface area contributed by atoms with E-state index in [1.54, 1.807) is 24.3 Å². The minimum absolute atomic E-state index is 0.00602. The van der Waals surface area contributed by atoms with Crippen molar-refractivity contribution in [2.24, 2.45) is 5.92 Å². The number of benzene rings is 1. The van der Waals surface area contributed by atoms with Gasteiger partial charge in [0.25, 0.3) is 0 Å². The zero-order valence-electron chi connectivity index (χ0n) is 10.8. The van der Waals surface area contributed by atoms with Crippen LogP contribution in [0.4, 0.5) is 4.79 Å². The first-order valence-corrected chi connectivity index (χ1v) is 6.39. The molecule has 20 heavy (non-hydrogen) atoms. The van der Waals surface area contributed by atoms with Gasteiger partial charge in [0.2, 0.25) is 0 Å². The second-order valence-electron chi connectivity index (χ2n) is 4.13. The summed E-state index contributed by atoms with van der Waals surface area (Å²) >= 11 is 5.76. The van der Waals surface area contributed by atoms with E-state index in [4.69, 9.17) is 21.4 Å². The Kier molecular flexibility index (Phi) is 6.59. The Balaban J connectivity index is 2.52. The lowest BCUT2D eigenvalue weighted by Crippen LogP contribution is -2.34. The van der Waals surface area contributed by atoms with Crippen molar-refractivity contribution < 1.29 is 19.4 Å². The lowest BCUT2D eigenvalue weighted by atomic mass is 9.99. The summed E-state index contributed by atoms with van der Waals surface area (Å²) in [6, 6.07) is 6.91. The molecule has 0 bridgehead atoms. The molecule has 0 saturated heterocycles. The third-order valence-electron chi connectivity index (χ3n) is 2.57. The fourth-order valence-electron chi connectivity index (χ4n) is 1.54. The van der Waals surface area contributed by atoms with Crippen molar-refractivity contribution >= 4 is 23.7 Å². The van der Waals surface area contributed by atoms with Crippen molar-refractivity contribution in [1.29, 1.82) is 0 Å². The van der Waals surface area contributed by atoms with E-state index in [0.29, 0.717) is 11.4 Å². The van der Waals surface area contributed by atoms with E-state index >= 15 is 0 Å². The Morgan fingerprint density at radius 1 is 1.40 bits per heavy atom. The van der Waals surface area contributed by atoms with Gasteiger partial charge in [0, 0.05) is 11.6 Å². The standard InChI is InChI=1S/C14H16ClNO4/c1-2-7-20-14(19)16-9-11(13(17)18)8-10-3-5-12(15)6-4-10/h2-6,11H,1,7-9H2,(H,16,19)(H,17,18). The zero-order chi connectivity index (χ0) is 15.0. The highest BCUT2D eigenvalue weighted by Gasteiger charge is 2.19. The number of carbonyl (C=O) groups is 2. The monoisotopic (exact) mass is 297 g/mol. The van der Waals surface area contributed by atoms with E-state index in [1.165, 1.54) is 6.08 Å². The van der Waals surface area contributed by atoms with Crippen LogP contribution in [0.1, 0.15) is 5.56 Å². The largest absolute Gasteiger partial charge is 0.481 e. The SMILES string of the molecule is C=CCOC(=O)NCC(Cc1ccc(Cl)cc1)C(=O)O. The molecule has 6 heteroatoms. The molecule has 1 aromatic rings. The molecule has 0 aromatic heterocycles. The van der Waals surface area contributed by atoms with E-state index in [1.807, 2.05) is 0 Å². The first kappa shape index (κ1) is 16.0. The maximum absolute atomic E-state index is 11.2. The molecule has 0 radical (unpaired) electrons. The number of alkyl carbamates (subject to hydrolysis) is 1. The Morgan fingerprint density at radius 3 is 2.60 bits per heavy atom. The minimum atomic E-state index is -0.982. The predicted octanol–water partition coefficient (Wildman–Crippen LogP) is 2.50. The Morgan fingerprint density at radius 2 is 2.05 bits per heavy atom. The van der Waals surface area contributed by atoms with Crippen LogP contribution >= 0.6 is 11.6 Å². The highest BCUT2D eigenvalue weighted by Crippen LogP contribution is 2.13. The van der Waals surface area contributed by atoms with Crippen LogP contribution in [0.2, 0.25) is 5.02 Å². The van der Waals surface area contributed by atoms with Gasteiger partial charge in [-0.25, -0.2) is 4.79 Å². The van der Waals surface area contributed by atoms with Crippen LogP contribution in [-0.4, -0.2) is 30.3 Å². The highest BCUT2D eigenvalue weighted by atomic mass is 35.5. The molecule has 0 fully saturated rings. The average molecular weight is 298 g/mol. The summed E-state index contributed by atoms with van der Waals surface area (Å²) in [6.45, 7) is 3.49. The molecule has 0 spiro atoms. The third kappa shape index (κ3) is 5.75. The fraction of sp³-hybridized carbons (Fsp3) is 0.286. The van der Waals surface area contributed by atoms with Crippen LogP contribution in [0.15, 0.2) is 36.9 Å². The normalized spacial score (nSPS) is 11.4. The minimum Gasteiger partial charge on any atom is -0.481 e. The van der Waals surface area contributed by atoms with E-state index < -0.39 is 18.0 Å². The third-order valence-corrected chi connectivity index (χ3v) is 2.82. The summed E-state index contributed by atoms with van der Waals surface area (Å²) in [5.74, 6) is -1.71. The highest BCUT2D eigenvalue weighted by molar-refractivity contribution is 6.30. The number of amides is 1. The smallest absolute Gasteiger partial charge is 0.407 e. The average Bonchev–Trinajstić information content (AvgIpc) is 2.42. The summed E-state index contributed by atoms with van der Waals surface area (Å²) in [7, 11) is 0. The lowest BCUT2D eigenvalue weighted by Gasteiger charge is -2.13. The molecule has 5 nitrogen and oxygen atoms in total. The molecule has 108 valence electrons. The van der Waals surface area contributed by atoms with Crippen molar-refractivity contribution in [3.05, 3.63) is 47.5 Å². The van der Waals surface area contributed by atoms with Gasteiger partial charge in [0.1, 0.15) is 6.61 Å². The summed E-state index contributed by atoms with van der Waals surface area (Å²) in [5.41, 5.74) is 0.836. The molecular formula is C14H16ClNO4. The number of ether oxygens (including phenoxy) is 1. The van der Waals surface area contributed by atoms with Crippen LogP contribution in [0, 0.1) is 5.92 Å². The molecule has 1 amide bonds. The molecular weight excluding hydrogens is 282 g/mol. The number of carboxylic acid groups (broad SMARTS) is 1. The van der Waals surface area contributed by atoms with E-state index in [2.05, 4.69) is 11.9 Å². The van der Waals surface area contributed by atoms with E-state index in [0.717, 1.165) is 5.56 Å². The molecule has 0 saturated carbocycles. The summed E-state index contributed by atoms with van der Waals surface area (Å²) < 4.78 is 4.71. The first-order valence-electron chi connectivity index (χ1n) is 6.01. The number of halogens is 1. The van der Waals surface area contributed by atoms with Gasteiger partial charge in [-0.1, -0.05) is 36.4 Å². The molecule has 0 aliphatic rings. The van der Waals surface area contributed by atoms with Crippen molar-refractivity contribution in [2.75, 3.05) is 13.2 Å². The quantitative estimate of drug-likeness (QED) is 0.758. The number of nitrogens with one attached hydrogen (secondary N) is 1. The van der Waals surface area contributed by atoms with Crippen molar-refractivity contribution in [1.82, 2.24) is 5.32 Å². The number of aliphatic carboxylic acids is 1. The number of rotatable bonds is 7. The predicted molar refractivity (Wildman–Crippen MR) is 75.8 cm³/mol. The summed E-state index contributed by atoms with van der Waals surface area (Å²) in [6.07, 6.45) is 1.07.